The number of carbonyl (C=O) groups is 1. The maximum absolute atomic E-state index is 12.4. The molecule has 0 bridgehead atoms. The molecule has 116 valence electrons. The van der Waals surface area contributed by atoms with Crippen LogP contribution in [0.15, 0.2) is 12.1 Å². The standard InChI is InChI=1S/C15H19N5OS/c1-10-3-4-13(22-10)15(21)19-7-12(8-19)18-5-6-20-11(2)16-17-14(20)9-18/h3-4,12H,5-9H2,1-2H3. The van der Waals surface area contributed by atoms with Crippen molar-refractivity contribution >= 4 is 17.2 Å². The average molecular weight is 317 g/mol. The molecule has 0 aliphatic carbocycles. The van der Waals surface area contributed by atoms with Crippen LogP contribution in [0.3, 0.4) is 0 Å². The van der Waals surface area contributed by atoms with E-state index in [1.807, 2.05) is 30.9 Å². The van der Waals surface area contributed by atoms with E-state index in [4.69, 9.17) is 0 Å². The van der Waals surface area contributed by atoms with E-state index in [9.17, 15) is 4.79 Å². The number of rotatable bonds is 2. The van der Waals surface area contributed by atoms with Gasteiger partial charge in [-0.25, -0.2) is 0 Å². The van der Waals surface area contributed by atoms with Gasteiger partial charge in [-0.15, -0.1) is 21.5 Å². The zero-order chi connectivity index (χ0) is 15.3. The minimum Gasteiger partial charge on any atom is -0.335 e. The Labute approximate surface area is 133 Å². The van der Waals surface area contributed by atoms with Crippen LogP contribution in [-0.4, -0.2) is 56.1 Å². The van der Waals surface area contributed by atoms with Gasteiger partial charge in [0.05, 0.1) is 11.4 Å². The molecule has 1 saturated heterocycles. The lowest BCUT2D eigenvalue weighted by Gasteiger charge is -2.46. The molecule has 0 saturated carbocycles. The highest BCUT2D eigenvalue weighted by Crippen LogP contribution is 2.24. The highest BCUT2D eigenvalue weighted by molar-refractivity contribution is 7.13. The second-order valence-corrected chi connectivity index (χ2v) is 7.35. The Kier molecular flexibility index (Phi) is 3.27. The fraction of sp³-hybridized carbons (Fsp3) is 0.533. The molecule has 0 N–H and O–H groups in total. The summed E-state index contributed by atoms with van der Waals surface area (Å²) < 4.78 is 2.19. The normalized spacial score (nSPS) is 19.1. The Hall–Kier alpha value is -1.73. The number of thiophene rings is 1. The van der Waals surface area contributed by atoms with Crippen molar-refractivity contribution in [2.24, 2.45) is 0 Å². The monoisotopic (exact) mass is 317 g/mol. The van der Waals surface area contributed by atoms with Crippen LogP contribution in [0.25, 0.3) is 0 Å². The summed E-state index contributed by atoms with van der Waals surface area (Å²) in [6, 6.07) is 4.40. The van der Waals surface area contributed by atoms with Crippen molar-refractivity contribution in [2.45, 2.75) is 33.0 Å². The molecule has 0 spiro atoms. The van der Waals surface area contributed by atoms with E-state index in [0.29, 0.717) is 6.04 Å². The lowest BCUT2D eigenvalue weighted by Crippen LogP contribution is -2.61. The molecule has 1 fully saturated rings. The van der Waals surface area contributed by atoms with Gasteiger partial charge in [0.15, 0.2) is 0 Å². The Morgan fingerprint density at radius 3 is 2.77 bits per heavy atom. The Morgan fingerprint density at radius 1 is 1.23 bits per heavy atom. The third-order valence-corrected chi connectivity index (χ3v) is 5.57. The predicted octanol–water partition coefficient (Wildman–Crippen LogP) is 1.30. The lowest BCUT2D eigenvalue weighted by atomic mass is 10.1. The molecular weight excluding hydrogens is 298 g/mol. The van der Waals surface area contributed by atoms with E-state index in [2.05, 4.69) is 19.7 Å². The summed E-state index contributed by atoms with van der Waals surface area (Å²) in [6.07, 6.45) is 0. The Balaban J connectivity index is 1.37. The average Bonchev–Trinajstić information content (AvgIpc) is 3.04. The maximum Gasteiger partial charge on any atom is 0.264 e. The van der Waals surface area contributed by atoms with Crippen LogP contribution in [0, 0.1) is 13.8 Å². The van der Waals surface area contributed by atoms with Crippen LogP contribution < -0.4 is 0 Å². The molecule has 0 aromatic carbocycles. The van der Waals surface area contributed by atoms with Gasteiger partial charge in [0.2, 0.25) is 0 Å². The van der Waals surface area contributed by atoms with Gasteiger partial charge in [0.25, 0.3) is 5.91 Å². The first kappa shape index (κ1) is 13.9. The Bertz CT molecular complexity index is 715. The lowest BCUT2D eigenvalue weighted by molar-refractivity contribution is 0.0170. The molecule has 4 heterocycles. The van der Waals surface area contributed by atoms with Crippen molar-refractivity contribution in [3.63, 3.8) is 0 Å². The van der Waals surface area contributed by atoms with Gasteiger partial charge in [0.1, 0.15) is 11.6 Å². The van der Waals surface area contributed by atoms with Gasteiger partial charge in [0, 0.05) is 37.1 Å². The first-order chi connectivity index (χ1) is 10.6. The predicted molar refractivity (Wildman–Crippen MR) is 83.9 cm³/mol. The van der Waals surface area contributed by atoms with Crippen molar-refractivity contribution in [3.05, 3.63) is 33.5 Å². The number of amides is 1. The summed E-state index contributed by atoms with van der Waals surface area (Å²) in [5.41, 5.74) is 0. The van der Waals surface area contributed by atoms with Gasteiger partial charge in [-0.3, -0.25) is 9.69 Å². The second-order valence-electron chi connectivity index (χ2n) is 6.06. The van der Waals surface area contributed by atoms with E-state index in [1.54, 1.807) is 11.3 Å². The minimum atomic E-state index is 0.172. The number of aryl methyl sites for hydroxylation is 2. The summed E-state index contributed by atoms with van der Waals surface area (Å²) in [6.45, 7) is 8.47. The van der Waals surface area contributed by atoms with Gasteiger partial charge < -0.3 is 9.47 Å². The summed E-state index contributed by atoms with van der Waals surface area (Å²) >= 11 is 1.58. The van der Waals surface area contributed by atoms with Crippen molar-refractivity contribution in [1.29, 1.82) is 0 Å². The molecule has 0 radical (unpaired) electrons. The third kappa shape index (κ3) is 2.24. The fourth-order valence-corrected chi connectivity index (χ4v) is 4.03. The summed E-state index contributed by atoms with van der Waals surface area (Å²) in [5.74, 6) is 2.21. The topological polar surface area (TPSA) is 54.3 Å². The quantitative estimate of drug-likeness (QED) is 0.838. The highest BCUT2D eigenvalue weighted by atomic mass is 32.1. The van der Waals surface area contributed by atoms with Gasteiger partial charge in [-0.2, -0.15) is 0 Å². The highest BCUT2D eigenvalue weighted by Gasteiger charge is 2.37. The van der Waals surface area contributed by atoms with E-state index < -0.39 is 0 Å². The molecule has 2 aromatic rings. The smallest absolute Gasteiger partial charge is 0.264 e. The molecule has 7 heteroatoms. The third-order valence-electron chi connectivity index (χ3n) is 4.58. The number of carbonyl (C=O) groups excluding carboxylic acids is 1. The molecule has 2 aliphatic rings. The first-order valence-corrected chi connectivity index (χ1v) is 8.42. The van der Waals surface area contributed by atoms with Crippen LogP contribution in [0.1, 0.15) is 26.2 Å². The van der Waals surface area contributed by atoms with Gasteiger partial charge >= 0.3 is 0 Å². The number of hydrogen-bond acceptors (Lipinski definition) is 5. The molecule has 2 aromatic heterocycles. The van der Waals surface area contributed by atoms with Crippen molar-refractivity contribution < 1.29 is 4.79 Å². The Morgan fingerprint density at radius 2 is 2.05 bits per heavy atom. The minimum absolute atomic E-state index is 0.172. The second kappa shape index (κ2) is 5.17. The molecule has 0 unspecified atom stereocenters. The maximum atomic E-state index is 12.4. The number of likely N-dealkylation sites (tertiary alicyclic amines) is 1. The van der Waals surface area contributed by atoms with E-state index in [-0.39, 0.29) is 5.91 Å². The number of fused-ring (bicyclic) bond motifs is 1. The van der Waals surface area contributed by atoms with Gasteiger partial charge in [-0.05, 0) is 26.0 Å². The van der Waals surface area contributed by atoms with E-state index >= 15 is 0 Å². The summed E-state index contributed by atoms with van der Waals surface area (Å²) in [4.78, 5) is 18.8. The van der Waals surface area contributed by atoms with Crippen LogP contribution in [-0.2, 0) is 13.1 Å². The van der Waals surface area contributed by atoms with Crippen LogP contribution in [0.2, 0.25) is 0 Å². The van der Waals surface area contributed by atoms with Crippen molar-refractivity contribution in [1.82, 2.24) is 24.6 Å². The first-order valence-electron chi connectivity index (χ1n) is 7.60. The van der Waals surface area contributed by atoms with Crippen LogP contribution in [0.5, 0.6) is 0 Å². The van der Waals surface area contributed by atoms with Gasteiger partial charge in [-0.1, -0.05) is 0 Å². The van der Waals surface area contributed by atoms with E-state index in [1.165, 1.54) is 4.88 Å². The molecule has 1 amide bonds. The SMILES string of the molecule is Cc1ccc(C(=O)N2CC(N3CCn4c(C)nnc4C3)C2)s1. The largest absolute Gasteiger partial charge is 0.335 e. The zero-order valence-corrected chi connectivity index (χ0v) is 13.6. The fourth-order valence-electron chi connectivity index (χ4n) is 3.19. The molecule has 4 rings (SSSR count). The van der Waals surface area contributed by atoms with Crippen molar-refractivity contribution in [2.75, 3.05) is 19.6 Å². The van der Waals surface area contributed by atoms with Crippen molar-refractivity contribution in [3.8, 4) is 0 Å². The molecule has 22 heavy (non-hydrogen) atoms. The summed E-state index contributed by atoms with van der Waals surface area (Å²) in [5, 5.41) is 8.39. The molecule has 2 aliphatic heterocycles. The molecule has 0 atom stereocenters. The number of nitrogens with zero attached hydrogens (tertiary/aromatic N) is 5. The summed E-state index contributed by atoms with van der Waals surface area (Å²) in [7, 11) is 0. The van der Waals surface area contributed by atoms with Crippen LogP contribution in [0.4, 0.5) is 0 Å². The zero-order valence-electron chi connectivity index (χ0n) is 12.8. The van der Waals surface area contributed by atoms with Crippen LogP contribution >= 0.6 is 11.3 Å². The number of aromatic nitrogens is 3. The number of hydrogen-bond donors (Lipinski definition) is 0. The molecule has 6 nitrogen and oxygen atoms in total. The molecular formula is C15H19N5OS. The van der Waals surface area contributed by atoms with E-state index in [0.717, 1.165) is 49.2 Å².